The van der Waals surface area contributed by atoms with Crippen molar-refractivity contribution in [3.05, 3.63) is 57.9 Å². The topological polar surface area (TPSA) is 146 Å². The highest BCUT2D eigenvalue weighted by Gasteiger charge is 2.20. The van der Waals surface area contributed by atoms with Crippen LogP contribution in [0.2, 0.25) is 0 Å². The highest BCUT2D eigenvalue weighted by molar-refractivity contribution is 5.92. The van der Waals surface area contributed by atoms with E-state index in [1.165, 1.54) is 6.21 Å². The van der Waals surface area contributed by atoms with Gasteiger partial charge in [0.2, 0.25) is 0 Å². The first kappa shape index (κ1) is 15.8. The zero-order chi connectivity index (χ0) is 16.8. The minimum atomic E-state index is -0.827. The fourth-order valence-corrected chi connectivity index (χ4v) is 1.68. The van der Waals surface area contributed by atoms with Gasteiger partial charge in [0, 0.05) is 5.56 Å². The molecule has 118 valence electrons. The molecule has 3 N–H and O–H groups in total. The minimum Gasteiger partial charge on any atom is -0.507 e. The van der Waals surface area contributed by atoms with Gasteiger partial charge in [0.25, 0.3) is 0 Å². The molecular formula is C13H12N6O4. The van der Waals surface area contributed by atoms with Gasteiger partial charge in [-0.1, -0.05) is 23.3 Å². The van der Waals surface area contributed by atoms with E-state index < -0.39 is 22.6 Å². The van der Waals surface area contributed by atoms with Crippen molar-refractivity contribution in [1.29, 1.82) is 0 Å². The number of carbonyl (C=O) groups excluding carboxylic acids is 1. The lowest BCUT2D eigenvalue weighted by Crippen LogP contribution is -2.19. The Morgan fingerprint density at radius 1 is 1.57 bits per heavy atom. The first-order valence-electron chi connectivity index (χ1n) is 6.35. The number of carbonyl (C=O) groups is 1. The van der Waals surface area contributed by atoms with E-state index in [-0.39, 0.29) is 5.75 Å². The van der Waals surface area contributed by atoms with Crippen LogP contribution in [-0.4, -0.2) is 37.3 Å². The van der Waals surface area contributed by atoms with Crippen LogP contribution in [0.4, 0.5) is 5.95 Å². The number of nitro groups is 1. The zero-order valence-corrected chi connectivity index (χ0v) is 11.8. The summed E-state index contributed by atoms with van der Waals surface area (Å²) >= 11 is 0. The van der Waals surface area contributed by atoms with E-state index in [0.717, 1.165) is 0 Å². The van der Waals surface area contributed by atoms with Crippen molar-refractivity contribution in [1.82, 2.24) is 20.6 Å². The van der Waals surface area contributed by atoms with Gasteiger partial charge in [-0.05, 0) is 28.0 Å². The number of hydrogen-bond acceptors (Lipinski definition) is 7. The fraction of sp³-hybridized carbons (Fsp3) is 0.0769. The molecule has 10 nitrogen and oxygen atoms in total. The molecule has 2 aromatic rings. The number of hydrazone groups is 1. The molecule has 1 heterocycles. The van der Waals surface area contributed by atoms with Crippen LogP contribution >= 0.6 is 0 Å². The number of aromatic hydroxyl groups is 1. The second-order valence-electron chi connectivity index (χ2n) is 4.29. The van der Waals surface area contributed by atoms with E-state index >= 15 is 0 Å². The normalized spacial score (nSPS) is 10.6. The summed E-state index contributed by atoms with van der Waals surface area (Å²) in [7, 11) is 0. The Hall–Kier alpha value is -3.56. The van der Waals surface area contributed by atoms with E-state index in [9.17, 15) is 20.0 Å². The average molecular weight is 316 g/mol. The number of hydrogen-bond donors (Lipinski definition) is 3. The van der Waals surface area contributed by atoms with Crippen LogP contribution in [0.15, 0.2) is 36.0 Å². The fourth-order valence-electron chi connectivity index (χ4n) is 1.68. The molecule has 0 bridgehead atoms. The third-order valence-electron chi connectivity index (χ3n) is 2.73. The number of para-hydroxylation sites is 1. The maximum absolute atomic E-state index is 11.7. The number of rotatable bonds is 6. The van der Waals surface area contributed by atoms with E-state index in [1.807, 2.05) is 5.10 Å². The van der Waals surface area contributed by atoms with Gasteiger partial charge in [0.05, 0.1) is 6.21 Å². The molecule has 0 saturated heterocycles. The molecule has 0 fully saturated rings. The van der Waals surface area contributed by atoms with Gasteiger partial charge in [-0.15, -0.1) is 11.7 Å². The largest absolute Gasteiger partial charge is 0.507 e. The summed E-state index contributed by atoms with van der Waals surface area (Å²) in [6.07, 6.45) is 3.37. The lowest BCUT2D eigenvalue weighted by molar-refractivity contribution is -0.394. The van der Waals surface area contributed by atoms with Crippen molar-refractivity contribution in [3.8, 4) is 5.75 Å². The van der Waals surface area contributed by atoms with Crippen molar-refractivity contribution in [3.63, 3.8) is 0 Å². The number of H-pyrrole nitrogens is 1. The molecule has 1 amide bonds. The molecule has 0 atom stereocenters. The second kappa shape index (κ2) is 6.93. The molecule has 0 aliphatic rings. The molecule has 0 unspecified atom stereocenters. The number of nitrogens with one attached hydrogen (secondary N) is 2. The quantitative estimate of drug-likeness (QED) is 0.312. The third-order valence-corrected chi connectivity index (χ3v) is 2.73. The van der Waals surface area contributed by atoms with E-state index in [1.54, 1.807) is 24.3 Å². The smallest absolute Gasteiger partial charge is 0.454 e. The Morgan fingerprint density at radius 2 is 2.35 bits per heavy atom. The Labute approximate surface area is 129 Å². The van der Waals surface area contributed by atoms with Crippen molar-refractivity contribution in [2.75, 3.05) is 0 Å². The highest BCUT2D eigenvalue weighted by atomic mass is 16.6. The summed E-state index contributed by atoms with van der Waals surface area (Å²) in [6.45, 7) is 3.59. The Bertz CT molecular complexity index is 783. The standard InChI is InChI=1S/C13H12N6O4/c1-2-4-8-5-3-6-9(10(8)20)7-14-17-12(21)11-15-13(18-16-11)19(22)23/h2-3,5-7,20H,1,4H2,(H,17,21)(H,15,16,18)/b14-7+. The SMILES string of the molecule is C=CCc1cccc(/C=N/NC(=O)c2n[nH]c([N+](=O)[O-])n2)c1O. The first-order chi connectivity index (χ1) is 11.0. The van der Waals surface area contributed by atoms with Gasteiger partial charge in [-0.2, -0.15) is 5.10 Å². The van der Waals surface area contributed by atoms with Crippen molar-refractivity contribution in [2.45, 2.75) is 6.42 Å². The lowest BCUT2D eigenvalue weighted by Gasteiger charge is -2.04. The summed E-state index contributed by atoms with van der Waals surface area (Å²) in [6, 6.07) is 5.06. The Balaban J connectivity index is 2.06. The van der Waals surface area contributed by atoms with Crippen LogP contribution in [-0.2, 0) is 6.42 Å². The molecule has 10 heteroatoms. The number of benzene rings is 1. The van der Waals surface area contributed by atoms with Crippen LogP contribution in [0.1, 0.15) is 21.7 Å². The van der Waals surface area contributed by atoms with Crippen molar-refractivity contribution < 1.29 is 14.8 Å². The number of aromatic nitrogens is 3. The summed E-state index contributed by atoms with van der Waals surface area (Å²) in [5.74, 6) is -1.86. The van der Waals surface area contributed by atoms with Gasteiger partial charge < -0.3 is 15.2 Å². The van der Waals surface area contributed by atoms with Gasteiger partial charge in [0.1, 0.15) is 5.75 Å². The predicted octanol–water partition coefficient (Wildman–Crippen LogP) is 0.911. The number of nitrogens with zero attached hydrogens (tertiary/aromatic N) is 4. The Morgan fingerprint density at radius 3 is 3.00 bits per heavy atom. The van der Waals surface area contributed by atoms with Crippen molar-refractivity contribution in [2.24, 2.45) is 5.10 Å². The van der Waals surface area contributed by atoms with Gasteiger partial charge >= 0.3 is 17.7 Å². The number of phenols is 1. The Kier molecular flexibility index (Phi) is 4.77. The van der Waals surface area contributed by atoms with E-state index in [2.05, 4.69) is 27.2 Å². The summed E-state index contributed by atoms with van der Waals surface area (Å²) in [4.78, 5) is 24.7. The van der Waals surface area contributed by atoms with Gasteiger partial charge in [-0.25, -0.2) is 5.43 Å². The summed E-state index contributed by atoms with van der Waals surface area (Å²) < 4.78 is 0. The molecule has 0 spiro atoms. The molecule has 1 aromatic carbocycles. The minimum absolute atomic E-state index is 0.0268. The number of allylic oxidation sites excluding steroid dienone is 1. The third kappa shape index (κ3) is 3.75. The van der Waals surface area contributed by atoms with Gasteiger partial charge in [0.15, 0.2) is 0 Å². The van der Waals surface area contributed by atoms with E-state index in [0.29, 0.717) is 17.5 Å². The maximum Gasteiger partial charge on any atom is 0.454 e. The monoisotopic (exact) mass is 316 g/mol. The number of amides is 1. The molecule has 1 aromatic heterocycles. The maximum atomic E-state index is 11.7. The first-order valence-corrected chi connectivity index (χ1v) is 6.35. The average Bonchev–Trinajstić information content (AvgIpc) is 3.01. The summed E-state index contributed by atoms with van der Waals surface area (Å²) in [5, 5.41) is 29.5. The highest BCUT2D eigenvalue weighted by Crippen LogP contribution is 2.21. The molecule has 23 heavy (non-hydrogen) atoms. The van der Waals surface area contributed by atoms with Crippen LogP contribution < -0.4 is 5.43 Å². The lowest BCUT2D eigenvalue weighted by atomic mass is 10.1. The summed E-state index contributed by atoms with van der Waals surface area (Å²) in [5.41, 5.74) is 3.17. The van der Waals surface area contributed by atoms with Gasteiger partial charge in [-0.3, -0.25) is 4.79 Å². The number of aromatic amines is 1. The molecule has 0 aliphatic heterocycles. The number of phenolic OH excluding ortho intramolecular Hbond substituents is 1. The molecule has 0 radical (unpaired) electrons. The molecule has 0 saturated carbocycles. The molecule has 2 rings (SSSR count). The van der Waals surface area contributed by atoms with E-state index in [4.69, 9.17) is 0 Å². The zero-order valence-electron chi connectivity index (χ0n) is 11.8. The predicted molar refractivity (Wildman–Crippen MR) is 80.1 cm³/mol. The van der Waals surface area contributed by atoms with Crippen molar-refractivity contribution >= 4 is 18.1 Å². The molecular weight excluding hydrogens is 304 g/mol. The van der Waals surface area contributed by atoms with Crippen LogP contribution in [0.3, 0.4) is 0 Å². The van der Waals surface area contributed by atoms with Crippen LogP contribution in [0, 0.1) is 10.1 Å². The molecule has 0 aliphatic carbocycles. The van der Waals surface area contributed by atoms with Crippen LogP contribution in [0.5, 0.6) is 5.75 Å². The second-order valence-corrected chi connectivity index (χ2v) is 4.29. The van der Waals surface area contributed by atoms with Crippen LogP contribution in [0.25, 0.3) is 0 Å².